The smallest absolute Gasteiger partial charge is 0.153 e. The summed E-state index contributed by atoms with van der Waals surface area (Å²) in [6.07, 6.45) is 0.913. The van der Waals surface area contributed by atoms with Gasteiger partial charge in [0.05, 0.1) is 11.6 Å². The molecule has 0 spiro atoms. The summed E-state index contributed by atoms with van der Waals surface area (Å²) in [5.74, 6) is 1.33. The van der Waals surface area contributed by atoms with Gasteiger partial charge in [0, 0.05) is 16.0 Å². The topological polar surface area (TPSA) is 39.2 Å². The number of benzene rings is 1. The van der Waals surface area contributed by atoms with Gasteiger partial charge in [-0.1, -0.05) is 37.0 Å². The standard InChI is InChI=1S/C13H15Cl2NO/c1-7(2)3-9-10-4-8(14)5-11(15)13(10)17-12(9)6-16/h4-5,7H,3,6,16H2,1-2H3. The second-order valence-electron chi connectivity index (χ2n) is 4.57. The van der Waals surface area contributed by atoms with E-state index in [4.69, 9.17) is 33.4 Å². The minimum atomic E-state index is 0.380. The minimum absolute atomic E-state index is 0.380. The number of halogens is 2. The van der Waals surface area contributed by atoms with Crippen LogP contribution in [0, 0.1) is 5.92 Å². The van der Waals surface area contributed by atoms with E-state index >= 15 is 0 Å². The van der Waals surface area contributed by atoms with Gasteiger partial charge in [0.25, 0.3) is 0 Å². The Hall–Kier alpha value is -0.700. The SMILES string of the molecule is CC(C)Cc1c(CN)oc2c(Cl)cc(Cl)cc12. The molecule has 0 saturated heterocycles. The van der Waals surface area contributed by atoms with Crippen LogP contribution < -0.4 is 5.73 Å². The molecule has 1 heterocycles. The maximum atomic E-state index is 6.12. The van der Waals surface area contributed by atoms with Gasteiger partial charge in [-0.05, 0) is 24.5 Å². The van der Waals surface area contributed by atoms with E-state index in [1.165, 1.54) is 0 Å². The molecule has 2 nitrogen and oxygen atoms in total. The minimum Gasteiger partial charge on any atom is -0.458 e. The molecule has 0 bridgehead atoms. The second kappa shape index (κ2) is 4.89. The van der Waals surface area contributed by atoms with Crippen LogP contribution in [0.25, 0.3) is 11.0 Å². The molecule has 0 radical (unpaired) electrons. The molecule has 1 aromatic heterocycles. The van der Waals surface area contributed by atoms with Crippen LogP contribution in [0.5, 0.6) is 0 Å². The average Bonchev–Trinajstić information content (AvgIpc) is 2.56. The summed E-state index contributed by atoms with van der Waals surface area (Å²) in [6, 6.07) is 3.58. The summed E-state index contributed by atoms with van der Waals surface area (Å²) >= 11 is 12.1. The van der Waals surface area contributed by atoms with Crippen molar-refractivity contribution in [1.29, 1.82) is 0 Å². The van der Waals surface area contributed by atoms with Crippen molar-refractivity contribution in [2.45, 2.75) is 26.8 Å². The first-order valence-electron chi connectivity index (χ1n) is 5.62. The molecule has 2 rings (SSSR count). The Labute approximate surface area is 111 Å². The summed E-state index contributed by atoms with van der Waals surface area (Å²) in [5.41, 5.74) is 7.52. The highest BCUT2D eigenvalue weighted by Gasteiger charge is 2.16. The molecule has 0 amide bonds. The highest BCUT2D eigenvalue weighted by molar-refractivity contribution is 6.38. The van der Waals surface area contributed by atoms with Gasteiger partial charge in [0.15, 0.2) is 5.58 Å². The molecule has 2 N–H and O–H groups in total. The number of furan rings is 1. The van der Waals surface area contributed by atoms with Crippen LogP contribution in [-0.2, 0) is 13.0 Å². The molecule has 0 fully saturated rings. The van der Waals surface area contributed by atoms with Crippen molar-refractivity contribution >= 4 is 34.2 Å². The van der Waals surface area contributed by atoms with E-state index < -0.39 is 0 Å². The number of nitrogens with two attached hydrogens (primary N) is 1. The quantitative estimate of drug-likeness (QED) is 0.899. The van der Waals surface area contributed by atoms with Gasteiger partial charge in [0.2, 0.25) is 0 Å². The molecule has 4 heteroatoms. The normalized spacial score (nSPS) is 11.6. The van der Waals surface area contributed by atoms with E-state index in [0.29, 0.717) is 28.1 Å². The van der Waals surface area contributed by atoms with Crippen molar-refractivity contribution in [1.82, 2.24) is 0 Å². The van der Waals surface area contributed by atoms with Gasteiger partial charge in [-0.15, -0.1) is 0 Å². The maximum absolute atomic E-state index is 6.12. The van der Waals surface area contributed by atoms with Crippen molar-refractivity contribution in [3.63, 3.8) is 0 Å². The van der Waals surface area contributed by atoms with Gasteiger partial charge in [0.1, 0.15) is 5.76 Å². The molecular weight excluding hydrogens is 257 g/mol. The molecule has 17 heavy (non-hydrogen) atoms. The van der Waals surface area contributed by atoms with E-state index in [9.17, 15) is 0 Å². The number of rotatable bonds is 3. The molecule has 0 aliphatic heterocycles. The highest BCUT2D eigenvalue weighted by Crippen LogP contribution is 2.35. The lowest BCUT2D eigenvalue weighted by Crippen LogP contribution is -2.01. The molecule has 0 aliphatic rings. The predicted octanol–water partition coefficient (Wildman–Crippen LogP) is 4.40. The summed E-state index contributed by atoms with van der Waals surface area (Å²) < 4.78 is 5.72. The molecule has 0 saturated carbocycles. The van der Waals surface area contributed by atoms with Gasteiger partial charge < -0.3 is 10.2 Å². The van der Waals surface area contributed by atoms with Crippen LogP contribution in [0.4, 0.5) is 0 Å². The summed E-state index contributed by atoms with van der Waals surface area (Å²) in [5, 5.41) is 2.14. The van der Waals surface area contributed by atoms with Crippen molar-refractivity contribution in [3.8, 4) is 0 Å². The van der Waals surface area contributed by atoms with Crippen LogP contribution in [0.15, 0.2) is 16.5 Å². The fourth-order valence-corrected chi connectivity index (χ4v) is 2.55. The van der Waals surface area contributed by atoms with Crippen molar-refractivity contribution in [2.75, 3.05) is 0 Å². The zero-order chi connectivity index (χ0) is 12.6. The molecule has 0 unspecified atom stereocenters. The van der Waals surface area contributed by atoms with E-state index in [2.05, 4.69) is 13.8 Å². The third-order valence-corrected chi connectivity index (χ3v) is 3.19. The molecular formula is C13H15Cl2NO. The highest BCUT2D eigenvalue weighted by atomic mass is 35.5. The van der Waals surface area contributed by atoms with Crippen molar-refractivity contribution < 1.29 is 4.42 Å². The fraction of sp³-hybridized carbons (Fsp3) is 0.385. The number of fused-ring (bicyclic) bond motifs is 1. The summed E-state index contributed by atoms with van der Waals surface area (Å²) in [7, 11) is 0. The van der Waals surface area contributed by atoms with Crippen molar-refractivity contribution in [2.24, 2.45) is 11.7 Å². The summed E-state index contributed by atoms with van der Waals surface area (Å²) in [4.78, 5) is 0. The number of hydrogen-bond donors (Lipinski definition) is 1. The second-order valence-corrected chi connectivity index (χ2v) is 5.41. The fourth-order valence-electron chi connectivity index (χ4n) is 2.02. The van der Waals surface area contributed by atoms with E-state index in [-0.39, 0.29) is 0 Å². The summed E-state index contributed by atoms with van der Waals surface area (Å²) in [6.45, 7) is 4.70. The molecule has 92 valence electrons. The van der Waals surface area contributed by atoms with E-state index in [0.717, 1.165) is 23.1 Å². The van der Waals surface area contributed by atoms with E-state index in [1.54, 1.807) is 6.07 Å². The van der Waals surface area contributed by atoms with Gasteiger partial charge in [-0.25, -0.2) is 0 Å². The first-order chi connectivity index (χ1) is 8.02. The Kier molecular flexibility index (Phi) is 3.67. The zero-order valence-corrected chi connectivity index (χ0v) is 11.4. The lowest BCUT2D eigenvalue weighted by atomic mass is 10.00. The lowest BCUT2D eigenvalue weighted by Gasteiger charge is -2.04. The third-order valence-electron chi connectivity index (χ3n) is 2.69. The van der Waals surface area contributed by atoms with Gasteiger partial charge in [-0.2, -0.15) is 0 Å². The molecule has 0 aliphatic carbocycles. The molecule has 1 aromatic carbocycles. The Bertz CT molecular complexity index is 546. The largest absolute Gasteiger partial charge is 0.458 e. The predicted molar refractivity (Wildman–Crippen MR) is 72.7 cm³/mol. The van der Waals surface area contributed by atoms with Crippen LogP contribution in [0.2, 0.25) is 10.0 Å². The first-order valence-corrected chi connectivity index (χ1v) is 6.38. The Morgan fingerprint density at radius 1 is 1.29 bits per heavy atom. The molecule has 2 aromatic rings. The Morgan fingerprint density at radius 2 is 2.00 bits per heavy atom. The lowest BCUT2D eigenvalue weighted by molar-refractivity contribution is 0.536. The van der Waals surface area contributed by atoms with E-state index in [1.807, 2.05) is 6.07 Å². The average molecular weight is 272 g/mol. The van der Waals surface area contributed by atoms with Crippen LogP contribution >= 0.6 is 23.2 Å². The third kappa shape index (κ3) is 2.44. The zero-order valence-electron chi connectivity index (χ0n) is 9.89. The molecule has 0 atom stereocenters. The van der Waals surface area contributed by atoms with Crippen LogP contribution in [-0.4, -0.2) is 0 Å². The number of hydrogen-bond acceptors (Lipinski definition) is 2. The maximum Gasteiger partial charge on any atom is 0.153 e. The van der Waals surface area contributed by atoms with Crippen LogP contribution in [0.1, 0.15) is 25.2 Å². The Morgan fingerprint density at radius 3 is 2.59 bits per heavy atom. The van der Waals surface area contributed by atoms with Gasteiger partial charge in [-0.3, -0.25) is 0 Å². The monoisotopic (exact) mass is 271 g/mol. The van der Waals surface area contributed by atoms with Gasteiger partial charge >= 0.3 is 0 Å². The van der Waals surface area contributed by atoms with Crippen LogP contribution in [0.3, 0.4) is 0 Å². The first kappa shape index (κ1) is 12.7. The Balaban J connectivity index is 2.69. The van der Waals surface area contributed by atoms with Crippen molar-refractivity contribution in [3.05, 3.63) is 33.5 Å².